The summed E-state index contributed by atoms with van der Waals surface area (Å²) < 4.78 is 0. The monoisotopic (exact) mass is 235 g/mol. The summed E-state index contributed by atoms with van der Waals surface area (Å²) in [7, 11) is 0. The van der Waals surface area contributed by atoms with Crippen LogP contribution in [0.3, 0.4) is 0 Å². The van der Waals surface area contributed by atoms with Gasteiger partial charge in [0, 0.05) is 12.7 Å². The van der Waals surface area contributed by atoms with E-state index in [0.717, 1.165) is 6.54 Å². The number of anilines is 1. The third-order valence-electron chi connectivity index (χ3n) is 3.23. The van der Waals surface area contributed by atoms with E-state index in [4.69, 9.17) is 5.11 Å². The maximum atomic E-state index is 10.8. The van der Waals surface area contributed by atoms with Gasteiger partial charge in [-0.15, -0.1) is 0 Å². The highest BCUT2D eigenvalue weighted by atomic mass is 16.4. The quantitative estimate of drug-likeness (QED) is 0.835. The Balaban J connectivity index is 1.97. The fourth-order valence-electron chi connectivity index (χ4n) is 2.21. The van der Waals surface area contributed by atoms with Gasteiger partial charge in [0.05, 0.1) is 11.3 Å². The Morgan fingerprint density at radius 2 is 2.24 bits per heavy atom. The summed E-state index contributed by atoms with van der Waals surface area (Å²) in [5.74, 6) is 0.252. The van der Waals surface area contributed by atoms with Crippen molar-refractivity contribution in [3.05, 3.63) is 17.5 Å². The fourth-order valence-corrected chi connectivity index (χ4v) is 2.21. The summed E-state index contributed by atoms with van der Waals surface area (Å²) in [4.78, 5) is 19.0. The Kier molecular flexibility index (Phi) is 3.56. The molecule has 5 nitrogen and oxygen atoms in total. The summed E-state index contributed by atoms with van der Waals surface area (Å²) in [5, 5.41) is 12.0. The number of nitrogens with zero attached hydrogens (tertiary/aromatic N) is 2. The Bertz CT molecular complexity index is 414. The molecule has 0 unspecified atom stereocenters. The van der Waals surface area contributed by atoms with Crippen molar-refractivity contribution in [3.8, 4) is 0 Å². The second-order valence-electron chi connectivity index (χ2n) is 4.53. The van der Waals surface area contributed by atoms with E-state index in [0.29, 0.717) is 17.6 Å². The molecule has 0 spiro atoms. The van der Waals surface area contributed by atoms with Crippen molar-refractivity contribution in [2.75, 3.05) is 11.9 Å². The van der Waals surface area contributed by atoms with Crippen LogP contribution in [-0.2, 0) is 0 Å². The molecule has 0 bridgehead atoms. The van der Waals surface area contributed by atoms with Crippen LogP contribution in [0.1, 0.15) is 41.7 Å². The molecule has 1 heterocycles. The largest absolute Gasteiger partial charge is 0.478 e. The number of hydrogen-bond donors (Lipinski definition) is 2. The van der Waals surface area contributed by atoms with E-state index in [1.165, 1.54) is 31.9 Å². The van der Waals surface area contributed by atoms with Crippen LogP contribution in [0.4, 0.5) is 5.95 Å². The predicted molar refractivity (Wildman–Crippen MR) is 64.2 cm³/mol. The van der Waals surface area contributed by atoms with Crippen LogP contribution in [0.25, 0.3) is 0 Å². The molecule has 0 atom stereocenters. The molecule has 2 N–H and O–H groups in total. The lowest BCUT2D eigenvalue weighted by molar-refractivity contribution is 0.0695. The average molecular weight is 235 g/mol. The number of rotatable bonds is 4. The molecule has 1 aliphatic carbocycles. The molecule has 0 saturated heterocycles. The molecule has 0 aliphatic heterocycles. The molecule has 0 aromatic carbocycles. The Labute approximate surface area is 100 Å². The van der Waals surface area contributed by atoms with Gasteiger partial charge in [0.1, 0.15) is 0 Å². The second kappa shape index (κ2) is 5.12. The summed E-state index contributed by atoms with van der Waals surface area (Å²) in [6, 6.07) is 0. The minimum absolute atomic E-state index is 0.163. The third kappa shape index (κ3) is 2.93. The minimum atomic E-state index is -0.982. The Hall–Kier alpha value is -1.65. The van der Waals surface area contributed by atoms with Crippen molar-refractivity contribution in [1.29, 1.82) is 0 Å². The highest BCUT2D eigenvalue weighted by molar-refractivity contribution is 5.88. The van der Waals surface area contributed by atoms with Crippen LogP contribution in [-0.4, -0.2) is 27.6 Å². The first kappa shape index (κ1) is 11.8. The van der Waals surface area contributed by atoms with Crippen LogP contribution in [0.2, 0.25) is 0 Å². The molecular weight excluding hydrogens is 218 g/mol. The molecule has 0 radical (unpaired) electrons. The molecule has 2 rings (SSSR count). The summed E-state index contributed by atoms with van der Waals surface area (Å²) >= 11 is 0. The fraction of sp³-hybridized carbons (Fsp3) is 0.583. The first-order chi connectivity index (χ1) is 8.16. The van der Waals surface area contributed by atoms with Gasteiger partial charge in [0.2, 0.25) is 5.95 Å². The van der Waals surface area contributed by atoms with Gasteiger partial charge in [-0.2, -0.15) is 0 Å². The van der Waals surface area contributed by atoms with E-state index < -0.39 is 5.97 Å². The van der Waals surface area contributed by atoms with Gasteiger partial charge in [-0.3, -0.25) is 0 Å². The highest BCUT2D eigenvalue weighted by Gasteiger charge is 2.15. The number of aryl methyl sites for hydroxylation is 1. The van der Waals surface area contributed by atoms with Gasteiger partial charge >= 0.3 is 5.97 Å². The normalized spacial score (nSPS) is 16.1. The molecule has 0 amide bonds. The number of aromatic nitrogens is 2. The van der Waals surface area contributed by atoms with Crippen molar-refractivity contribution >= 4 is 11.9 Å². The first-order valence-electron chi connectivity index (χ1n) is 5.97. The van der Waals surface area contributed by atoms with Crippen LogP contribution in [0.15, 0.2) is 6.20 Å². The van der Waals surface area contributed by atoms with Crippen molar-refractivity contribution in [1.82, 2.24) is 9.97 Å². The van der Waals surface area contributed by atoms with E-state index >= 15 is 0 Å². The van der Waals surface area contributed by atoms with Crippen molar-refractivity contribution in [3.63, 3.8) is 0 Å². The zero-order valence-electron chi connectivity index (χ0n) is 9.94. The lowest BCUT2D eigenvalue weighted by Crippen LogP contribution is -2.14. The smallest absolute Gasteiger partial charge is 0.339 e. The number of carboxylic acid groups (broad SMARTS) is 1. The number of hydrogen-bond acceptors (Lipinski definition) is 4. The highest BCUT2D eigenvalue weighted by Crippen LogP contribution is 2.24. The zero-order chi connectivity index (χ0) is 12.3. The average Bonchev–Trinajstić information content (AvgIpc) is 2.78. The van der Waals surface area contributed by atoms with Crippen LogP contribution in [0, 0.1) is 12.8 Å². The van der Waals surface area contributed by atoms with Crippen molar-refractivity contribution in [2.24, 2.45) is 5.92 Å². The summed E-state index contributed by atoms with van der Waals surface area (Å²) in [5.41, 5.74) is 0.665. The molecule has 1 fully saturated rings. The van der Waals surface area contributed by atoms with E-state index in [9.17, 15) is 4.79 Å². The van der Waals surface area contributed by atoms with E-state index in [1.807, 2.05) is 0 Å². The van der Waals surface area contributed by atoms with Gasteiger partial charge in [0.25, 0.3) is 0 Å². The summed E-state index contributed by atoms with van der Waals surface area (Å²) in [6.45, 7) is 2.57. The van der Waals surface area contributed by atoms with Gasteiger partial charge in [-0.05, 0) is 25.7 Å². The molecule has 92 valence electrons. The molecule has 1 aromatic rings. The number of carboxylic acids is 1. The Morgan fingerprint density at radius 3 is 2.82 bits per heavy atom. The van der Waals surface area contributed by atoms with Crippen molar-refractivity contribution in [2.45, 2.75) is 32.6 Å². The number of aromatic carboxylic acids is 1. The maximum Gasteiger partial charge on any atom is 0.339 e. The maximum absolute atomic E-state index is 10.8. The first-order valence-corrected chi connectivity index (χ1v) is 5.97. The molecule has 17 heavy (non-hydrogen) atoms. The lowest BCUT2D eigenvalue weighted by atomic mass is 10.1. The lowest BCUT2D eigenvalue weighted by Gasteiger charge is -2.11. The van der Waals surface area contributed by atoms with Gasteiger partial charge in [-0.1, -0.05) is 12.8 Å². The molecule has 1 saturated carbocycles. The Morgan fingerprint density at radius 1 is 1.53 bits per heavy atom. The number of carbonyl (C=O) groups is 1. The standard InChI is InChI=1S/C12H17N3O2/c1-8-10(11(16)17)7-14-12(15-8)13-6-9-4-2-3-5-9/h7,9H,2-6H2,1H3,(H,16,17)(H,13,14,15). The van der Waals surface area contributed by atoms with E-state index in [1.54, 1.807) is 6.92 Å². The number of nitrogens with one attached hydrogen (secondary N) is 1. The van der Waals surface area contributed by atoms with Crippen molar-refractivity contribution < 1.29 is 9.90 Å². The predicted octanol–water partition coefficient (Wildman–Crippen LogP) is 2.09. The molecular formula is C12H17N3O2. The molecule has 1 aromatic heterocycles. The van der Waals surface area contributed by atoms with Crippen LogP contribution >= 0.6 is 0 Å². The van der Waals surface area contributed by atoms with Gasteiger partial charge in [-0.25, -0.2) is 14.8 Å². The van der Waals surface area contributed by atoms with E-state index in [-0.39, 0.29) is 5.56 Å². The zero-order valence-corrected chi connectivity index (χ0v) is 9.94. The topological polar surface area (TPSA) is 75.1 Å². The van der Waals surface area contributed by atoms with Crippen LogP contribution < -0.4 is 5.32 Å². The molecule has 1 aliphatic rings. The van der Waals surface area contributed by atoms with Gasteiger partial charge in [0.15, 0.2) is 0 Å². The SMILES string of the molecule is Cc1nc(NCC2CCCC2)ncc1C(=O)O. The summed E-state index contributed by atoms with van der Waals surface area (Å²) in [6.07, 6.45) is 6.51. The molecule has 5 heteroatoms. The van der Waals surface area contributed by atoms with Gasteiger partial charge < -0.3 is 10.4 Å². The second-order valence-corrected chi connectivity index (χ2v) is 4.53. The minimum Gasteiger partial charge on any atom is -0.478 e. The van der Waals surface area contributed by atoms with E-state index in [2.05, 4.69) is 15.3 Å². The third-order valence-corrected chi connectivity index (χ3v) is 3.23. The van der Waals surface area contributed by atoms with Crippen LogP contribution in [0.5, 0.6) is 0 Å².